The van der Waals surface area contributed by atoms with E-state index in [-0.39, 0.29) is 30.8 Å². The summed E-state index contributed by atoms with van der Waals surface area (Å²) in [5, 5.41) is 0. The highest BCUT2D eigenvalue weighted by Gasteiger charge is 2.37. The number of ether oxygens (including phenoxy) is 2. The van der Waals surface area contributed by atoms with Crippen LogP contribution in [-0.4, -0.2) is 73.4 Å². The fourth-order valence-electron chi connectivity index (χ4n) is 4.47. The molecule has 4 rings (SSSR count). The second-order valence-electron chi connectivity index (χ2n) is 8.84. The van der Waals surface area contributed by atoms with Gasteiger partial charge in [-0.1, -0.05) is 30.3 Å². The van der Waals surface area contributed by atoms with Crippen LogP contribution in [0.3, 0.4) is 0 Å². The Balaban J connectivity index is 1.47. The second-order valence-corrected chi connectivity index (χ2v) is 8.84. The smallest absolute Gasteiger partial charge is 0.406 e. The lowest BCUT2D eigenvalue weighted by atomic mass is 9.84. The molecule has 2 aliphatic heterocycles. The van der Waals surface area contributed by atoms with E-state index in [4.69, 9.17) is 4.74 Å². The van der Waals surface area contributed by atoms with E-state index in [9.17, 15) is 27.6 Å². The fourth-order valence-corrected chi connectivity index (χ4v) is 4.47. The van der Waals surface area contributed by atoms with Crippen LogP contribution in [0.2, 0.25) is 0 Å². The molecule has 0 aromatic heterocycles. The van der Waals surface area contributed by atoms with Crippen molar-refractivity contribution in [2.75, 3.05) is 39.4 Å². The number of nitrogens with one attached hydrogen (secondary N) is 2. The van der Waals surface area contributed by atoms with Gasteiger partial charge >= 0.3 is 12.4 Å². The van der Waals surface area contributed by atoms with Gasteiger partial charge in [-0.05, 0) is 36.2 Å². The minimum atomic E-state index is -4.80. The van der Waals surface area contributed by atoms with Crippen LogP contribution in [0.25, 0.3) is 0 Å². The Morgan fingerprint density at radius 3 is 2.22 bits per heavy atom. The third-order valence-corrected chi connectivity index (χ3v) is 6.29. The van der Waals surface area contributed by atoms with Crippen molar-refractivity contribution < 1.29 is 37.0 Å². The zero-order chi connectivity index (χ0) is 26.4. The van der Waals surface area contributed by atoms with Gasteiger partial charge < -0.3 is 19.3 Å². The molecule has 2 aromatic rings. The zero-order valence-corrected chi connectivity index (χ0v) is 19.9. The lowest BCUT2D eigenvalue weighted by Gasteiger charge is -2.40. The van der Waals surface area contributed by atoms with Gasteiger partial charge in [-0.25, -0.2) is 4.79 Å². The van der Waals surface area contributed by atoms with Gasteiger partial charge in [0.05, 0.1) is 19.1 Å². The van der Waals surface area contributed by atoms with Gasteiger partial charge in [-0.3, -0.25) is 20.4 Å². The molecule has 2 saturated heterocycles. The number of piperidine rings is 1. The van der Waals surface area contributed by atoms with Gasteiger partial charge in [0.2, 0.25) is 5.91 Å². The highest BCUT2D eigenvalue weighted by atomic mass is 19.4. The first kappa shape index (κ1) is 26.3. The number of hydrogen-bond donors (Lipinski definition) is 2. The number of halogens is 3. The number of hydrazine groups is 1. The van der Waals surface area contributed by atoms with Gasteiger partial charge in [0.25, 0.3) is 5.91 Å². The molecule has 198 valence electrons. The van der Waals surface area contributed by atoms with Gasteiger partial charge in [0, 0.05) is 37.7 Å². The zero-order valence-electron chi connectivity index (χ0n) is 19.9. The maximum absolute atomic E-state index is 13.2. The summed E-state index contributed by atoms with van der Waals surface area (Å²) in [6, 6.07) is 13.5. The van der Waals surface area contributed by atoms with Gasteiger partial charge in [0.1, 0.15) is 5.75 Å². The fraction of sp³-hybridized carbons (Fsp3) is 0.400. The number of hydrogen-bond acceptors (Lipinski definition) is 5. The van der Waals surface area contributed by atoms with Crippen molar-refractivity contribution in [2.24, 2.45) is 5.92 Å². The average Bonchev–Trinajstić information content (AvgIpc) is 2.91. The standard InChI is InChI=1S/C25H27F3N4O5/c26-25(27,28)37-21-8-6-17(7-9-21)19-14-20(16-32(15-19)24(35)31-10-12-36-13-11-31)23(34)30-29-22(33)18-4-2-1-3-5-18/h1-9,19-20H,10-16H2,(H,29,33)(H,30,34). The van der Waals surface area contributed by atoms with E-state index in [1.807, 2.05) is 0 Å². The molecule has 0 radical (unpaired) electrons. The molecule has 12 heteroatoms. The molecule has 0 saturated carbocycles. The number of amides is 4. The number of alkyl halides is 3. The quantitative estimate of drug-likeness (QED) is 0.604. The molecule has 2 fully saturated rings. The normalized spacial score (nSPS) is 20.2. The molecule has 0 aliphatic carbocycles. The molecule has 0 spiro atoms. The summed E-state index contributed by atoms with van der Waals surface area (Å²) in [7, 11) is 0. The van der Waals surface area contributed by atoms with Crippen molar-refractivity contribution in [3.8, 4) is 5.75 Å². The maximum Gasteiger partial charge on any atom is 0.573 e. The summed E-state index contributed by atoms with van der Waals surface area (Å²) in [5.74, 6) is -2.29. The Morgan fingerprint density at radius 2 is 1.57 bits per heavy atom. The van der Waals surface area contributed by atoms with Gasteiger partial charge in [0.15, 0.2) is 0 Å². The molecular weight excluding hydrogens is 493 g/mol. The van der Waals surface area contributed by atoms with E-state index in [0.29, 0.717) is 43.9 Å². The van der Waals surface area contributed by atoms with E-state index < -0.39 is 24.1 Å². The van der Waals surface area contributed by atoms with Crippen LogP contribution < -0.4 is 15.6 Å². The number of carbonyl (C=O) groups is 3. The van der Waals surface area contributed by atoms with Crippen molar-refractivity contribution in [2.45, 2.75) is 18.7 Å². The SMILES string of the molecule is O=C(NNC(=O)C1CC(c2ccc(OC(F)(F)F)cc2)CN(C(=O)N2CCOCC2)C1)c1ccccc1. The predicted molar refractivity (Wildman–Crippen MR) is 125 cm³/mol. The van der Waals surface area contributed by atoms with E-state index in [0.717, 1.165) is 0 Å². The van der Waals surface area contributed by atoms with Crippen LogP contribution in [0.1, 0.15) is 28.3 Å². The summed E-state index contributed by atoms with van der Waals surface area (Å²) in [6.45, 7) is 2.10. The summed E-state index contributed by atoms with van der Waals surface area (Å²) in [5.41, 5.74) is 5.87. The number of rotatable bonds is 4. The van der Waals surface area contributed by atoms with Crippen molar-refractivity contribution in [1.82, 2.24) is 20.7 Å². The molecule has 2 N–H and O–H groups in total. The number of carbonyl (C=O) groups excluding carboxylic acids is 3. The van der Waals surface area contributed by atoms with Crippen LogP contribution in [0.15, 0.2) is 54.6 Å². The van der Waals surface area contributed by atoms with E-state index in [1.54, 1.807) is 40.1 Å². The molecule has 2 heterocycles. The molecular formula is C25H27F3N4O5. The topological polar surface area (TPSA) is 100 Å². The van der Waals surface area contributed by atoms with Crippen molar-refractivity contribution in [3.63, 3.8) is 0 Å². The third kappa shape index (κ3) is 7.13. The monoisotopic (exact) mass is 520 g/mol. The number of nitrogens with zero attached hydrogens (tertiary/aromatic N) is 2. The summed E-state index contributed by atoms with van der Waals surface area (Å²) >= 11 is 0. The van der Waals surface area contributed by atoms with Crippen molar-refractivity contribution in [3.05, 3.63) is 65.7 Å². The molecule has 2 aromatic carbocycles. The van der Waals surface area contributed by atoms with Crippen LogP contribution in [0, 0.1) is 5.92 Å². The highest BCUT2D eigenvalue weighted by Crippen LogP contribution is 2.33. The average molecular weight is 521 g/mol. The Bertz CT molecular complexity index is 1090. The van der Waals surface area contributed by atoms with Gasteiger partial charge in [-0.15, -0.1) is 13.2 Å². The first-order chi connectivity index (χ1) is 17.7. The maximum atomic E-state index is 13.2. The van der Waals surface area contributed by atoms with Crippen LogP contribution in [0.5, 0.6) is 5.75 Å². The Hall–Kier alpha value is -3.80. The first-order valence-corrected chi connectivity index (χ1v) is 11.8. The second kappa shape index (κ2) is 11.5. The van der Waals surface area contributed by atoms with E-state index in [1.165, 1.54) is 24.3 Å². The largest absolute Gasteiger partial charge is 0.573 e. The number of urea groups is 1. The molecule has 2 atom stereocenters. The number of likely N-dealkylation sites (tertiary alicyclic amines) is 1. The van der Waals surface area contributed by atoms with Crippen LogP contribution in [0.4, 0.5) is 18.0 Å². The number of benzene rings is 2. The third-order valence-electron chi connectivity index (χ3n) is 6.29. The highest BCUT2D eigenvalue weighted by molar-refractivity contribution is 5.95. The van der Waals surface area contributed by atoms with E-state index >= 15 is 0 Å². The Morgan fingerprint density at radius 1 is 0.892 bits per heavy atom. The lowest BCUT2D eigenvalue weighted by molar-refractivity contribution is -0.274. The summed E-state index contributed by atoms with van der Waals surface area (Å²) in [6.07, 6.45) is -4.47. The van der Waals surface area contributed by atoms with Crippen molar-refractivity contribution in [1.29, 1.82) is 0 Å². The van der Waals surface area contributed by atoms with Crippen LogP contribution in [-0.2, 0) is 9.53 Å². The molecule has 37 heavy (non-hydrogen) atoms. The van der Waals surface area contributed by atoms with Crippen molar-refractivity contribution >= 4 is 17.8 Å². The minimum absolute atomic E-state index is 0.134. The van der Waals surface area contributed by atoms with Crippen LogP contribution >= 0.6 is 0 Å². The van der Waals surface area contributed by atoms with E-state index in [2.05, 4.69) is 15.6 Å². The molecule has 2 aliphatic rings. The summed E-state index contributed by atoms with van der Waals surface area (Å²) in [4.78, 5) is 41.8. The lowest BCUT2D eigenvalue weighted by Crippen LogP contribution is -2.55. The number of morpholine rings is 1. The molecule has 4 amide bonds. The predicted octanol–water partition coefficient (Wildman–Crippen LogP) is 2.90. The van der Waals surface area contributed by atoms with Gasteiger partial charge in [-0.2, -0.15) is 0 Å². The summed E-state index contributed by atoms with van der Waals surface area (Å²) < 4.78 is 46.9. The Kier molecular flexibility index (Phi) is 8.17. The first-order valence-electron chi connectivity index (χ1n) is 11.8. The molecule has 9 nitrogen and oxygen atoms in total. The molecule has 0 bridgehead atoms. The Labute approximate surface area is 211 Å². The molecule has 2 unspecified atom stereocenters. The minimum Gasteiger partial charge on any atom is -0.406 e.